The number of carbonyl (C=O) groups is 1. The third-order valence-corrected chi connectivity index (χ3v) is 5.23. The lowest BCUT2D eigenvalue weighted by Crippen LogP contribution is -2.21. The van der Waals surface area contributed by atoms with Crippen molar-refractivity contribution in [1.29, 1.82) is 5.26 Å². The fourth-order valence-corrected chi connectivity index (χ4v) is 3.75. The Kier molecular flexibility index (Phi) is 5.07. The molecule has 5 heteroatoms. The minimum Gasteiger partial charge on any atom is -0.314 e. The van der Waals surface area contributed by atoms with Gasteiger partial charge >= 0.3 is 0 Å². The van der Waals surface area contributed by atoms with Gasteiger partial charge in [-0.15, -0.1) is 11.3 Å². The quantitative estimate of drug-likeness (QED) is 0.582. The molecule has 0 fully saturated rings. The Hall–Kier alpha value is -2.45. The van der Waals surface area contributed by atoms with Crippen LogP contribution in [0.25, 0.3) is 0 Å². The lowest BCUT2D eigenvalue weighted by molar-refractivity contribution is 0.111. The van der Waals surface area contributed by atoms with Crippen molar-refractivity contribution in [2.75, 3.05) is 11.4 Å². The molecule has 122 valence electrons. The maximum atomic E-state index is 11.2. The molecule has 0 atom stereocenters. The van der Waals surface area contributed by atoms with Crippen molar-refractivity contribution in [3.63, 3.8) is 0 Å². The number of rotatable bonds is 5. The molecule has 3 rings (SSSR count). The highest BCUT2D eigenvalue weighted by Crippen LogP contribution is 2.33. The minimum atomic E-state index is 0.506. The second-order valence-corrected chi connectivity index (χ2v) is 7.09. The highest BCUT2D eigenvalue weighted by atomic mass is 32.1. The first kappa shape index (κ1) is 16.4. The van der Waals surface area contributed by atoms with Gasteiger partial charge in [0.05, 0.1) is 11.6 Å². The Labute approximate surface area is 146 Å². The largest absolute Gasteiger partial charge is 0.314 e. The first-order valence-corrected chi connectivity index (χ1v) is 8.91. The zero-order valence-electron chi connectivity index (χ0n) is 13.7. The Morgan fingerprint density at radius 3 is 2.71 bits per heavy atom. The molecular formula is C19H19N3OS. The summed E-state index contributed by atoms with van der Waals surface area (Å²) in [6, 6.07) is 9.67. The molecule has 1 aliphatic rings. The molecule has 1 aromatic carbocycles. The van der Waals surface area contributed by atoms with E-state index in [1.807, 2.05) is 31.2 Å². The van der Waals surface area contributed by atoms with Gasteiger partial charge in [-0.05, 0) is 56.9 Å². The number of aromatic nitrogens is 1. The number of nitrogens with zero attached hydrogens (tertiary/aromatic N) is 3. The summed E-state index contributed by atoms with van der Waals surface area (Å²) in [5.41, 5.74) is 3.54. The SMILES string of the molecule is Cc1sc(N(CC2=CCCCC2)c2ccc(C#N)cc2)nc1C=O. The van der Waals surface area contributed by atoms with E-state index in [-0.39, 0.29) is 0 Å². The Morgan fingerprint density at radius 1 is 1.33 bits per heavy atom. The van der Waals surface area contributed by atoms with Crippen LogP contribution in [0.4, 0.5) is 10.8 Å². The van der Waals surface area contributed by atoms with Crippen LogP contribution in [0.1, 0.15) is 46.6 Å². The number of benzene rings is 1. The predicted molar refractivity (Wildman–Crippen MR) is 97.0 cm³/mol. The van der Waals surface area contributed by atoms with Gasteiger partial charge in [0.25, 0.3) is 0 Å². The van der Waals surface area contributed by atoms with E-state index >= 15 is 0 Å². The molecular weight excluding hydrogens is 318 g/mol. The van der Waals surface area contributed by atoms with Crippen LogP contribution in [0.3, 0.4) is 0 Å². The highest BCUT2D eigenvalue weighted by Gasteiger charge is 2.18. The molecule has 1 heterocycles. The number of allylic oxidation sites excluding steroid dienone is 1. The van der Waals surface area contributed by atoms with E-state index in [1.165, 1.54) is 29.8 Å². The van der Waals surface area contributed by atoms with Crippen molar-refractivity contribution in [2.45, 2.75) is 32.6 Å². The summed E-state index contributed by atoms with van der Waals surface area (Å²) in [5, 5.41) is 9.82. The number of hydrogen-bond acceptors (Lipinski definition) is 5. The maximum Gasteiger partial charge on any atom is 0.191 e. The van der Waals surface area contributed by atoms with Crippen molar-refractivity contribution in [3.05, 3.63) is 52.0 Å². The average Bonchev–Trinajstić information content (AvgIpc) is 3.01. The maximum absolute atomic E-state index is 11.2. The van der Waals surface area contributed by atoms with Crippen molar-refractivity contribution >= 4 is 28.4 Å². The Morgan fingerprint density at radius 2 is 2.12 bits per heavy atom. The van der Waals surface area contributed by atoms with E-state index < -0.39 is 0 Å². The lowest BCUT2D eigenvalue weighted by Gasteiger charge is -2.25. The number of carbonyl (C=O) groups excluding carboxylic acids is 1. The average molecular weight is 337 g/mol. The third-order valence-electron chi connectivity index (χ3n) is 4.22. The van der Waals surface area contributed by atoms with E-state index in [0.29, 0.717) is 11.3 Å². The van der Waals surface area contributed by atoms with Crippen LogP contribution in [0.2, 0.25) is 0 Å². The summed E-state index contributed by atoms with van der Waals surface area (Å²) in [5.74, 6) is 0. The van der Waals surface area contributed by atoms with Crippen LogP contribution in [0.15, 0.2) is 35.9 Å². The molecule has 24 heavy (non-hydrogen) atoms. The van der Waals surface area contributed by atoms with Crippen molar-refractivity contribution in [2.24, 2.45) is 0 Å². The number of aldehydes is 1. The van der Waals surface area contributed by atoms with Crippen LogP contribution >= 0.6 is 11.3 Å². The zero-order valence-corrected chi connectivity index (χ0v) is 14.5. The van der Waals surface area contributed by atoms with Gasteiger partial charge in [-0.25, -0.2) is 4.98 Å². The van der Waals surface area contributed by atoms with Crippen LogP contribution < -0.4 is 4.90 Å². The molecule has 4 nitrogen and oxygen atoms in total. The minimum absolute atomic E-state index is 0.506. The molecule has 0 N–H and O–H groups in total. The summed E-state index contributed by atoms with van der Waals surface area (Å²) in [4.78, 5) is 18.7. The molecule has 2 aromatic rings. The number of anilines is 2. The fraction of sp³-hybridized carbons (Fsp3) is 0.316. The number of nitriles is 1. The summed E-state index contributed by atoms with van der Waals surface area (Å²) < 4.78 is 0. The van der Waals surface area contributed by atoms with Crippen molar-refractivity contribution < 1.29 is 4.79 Å². The van der Waals surface area contributed by atoms with Crippen molar-refractivity contribution in [3.8, 4) is 6.07 Å². The summed E-state index contributed by atoms with van der Waals surface area (Å²) in [6.07, 6.45) is 7.85. The number of hydrogen-bond donors (Lipinski definition) is 0. The van der Waals surface area contributed by atoms with E-state index in [2.05, 4.69) is 22.0 Å². The first-order valence-electron chi connectivity index (χ1n) is 8.09. The fourth-order valence-electron chi connectivity index (χ4n) is 2.86. The van der Waals surface area contributed by atoms with Gasteiger partial charge in [-0.2, -0.15) is 5.26 Å². The van der Waals surface area contributed by atoms with Gasteiger partial charge in [0.2, 0.25) is 0 Å². The second kappa shape index (κ2) is 7.41. The van der Waals surface area contributed by atoms with Gasteiger partial charge < -0.3 is 4.90 Å². The van der Waals surface area contributed by atoms with Crippen LogP contribution in [0.5, 0.6) is 0 Å². The topological polar surface area (TPSA) is 57.0 Å². The molecule has 0 saturated heterocycles. The monoisotopic (exact) mass is 337 g/mol. The van der Waals surface area contributed by atoms with E-state index in [4.69, 9.17) is 5.26 Å². The third kappa shape index (κ3) is 3.55. The van der Waals surface area contributed by atoms with Gasteiger partial charge in [-0.3, -0.25) is 4.79 Å². The van der Waals surface area contributed by atoms with Crippen LogP contribution in [-0.2, 0) is 0 Å². The normalized spacial score (nSPS) is 13.9. The Balaban J connectivity index is 1.96. The summed E-state index contributed by atoms with van der Waals surface area (Å²) >= 11 is 1.53. The predicted octanol–water partition coefficient (Wildman–Crippen LogP) is 4.77. The molecule has 0 spiro atoms. The number of aryl methyl sites for hydroxylation is 1. The van der Waals surface area contributed by atoms with Gasteiger partial charge in [0, 0.05) is 17.1 Å². The van der Waals surface area contributed by atoms with Crippen LogP contribution in [0, 0.1) is 18.3 Å². The Bertz CT molecular complexity index is 799. The zero-order chi connectivity index (χ0) is 16.9. The molecule has 0 aliphatic heterocycles. The summed E-state index contributed by atoms with van der Waals surface area (Å²) in [6.45, 7) is 2.69. The standard InChI is InChI=1S/C19H19N3OS/c1-14-18(13-23)21-19(24-14)22(12-16-5-3-2-4-6-16)17-9-7-15(11-20)8-10-17/h5,7-10,13H,2-4,6,12H2,1H3. The van der Waals surface area contributed by atoms with E-state index in [0.717, 1.165) is 41.4 Å². The highest BCUT2D eigenvalue weighted by molar-refractivity contribution is 7.15. The van der Waals surface area contributed by atoms with Crippen LogP contribution in [-0.4, -0.2) is 17.8 Å². The van der Waals surface area contributed by atoms with E-state index in [9.17, 15) is 4.79 Å². The second-order valence-electron chi connectivity index (χ2n) is 5.91. The first-order chi connectivity index (χ1) is 11.7. The number of thiazole rings is 1. The van der Waals surface area contributed by atoms with Gasteiger partial charge in [0.15, 0.2) is 11.4 Å². The molecule has 1 aromatic heterocycles. The molecule has 1 aliphatic carbocycles. The van der Waals surface area contributed by atoms with E-state index in [1.54, 1.807) is 0 Å². The lowest BCUT2D eigenvalue weighted by atomic mass is 9.99. The van der Waals surface area contributed by atoms with Gasteiger partial charge in [-0.1, -0.05) is 11.6 Å². The molecule has 0 saturated carbocycles. The molecule has 0 unspecified atom stereocenters. The molecule has 0 amide bonds. The summed E-state index contributed by atoms with van der Waals surface area (Å²) in [7, 11) is 0. The van der Waals surface area contributed by atoms with Crippen molar-refractivity contribution in [1.82, 2.24) is 4.98 Å². The van der Waals surface area contributed by atoms with Gasteiger partial charge in [0.1, 0.15) is 5.69 Å². The smallest absolute Gasteiger partial charge is 0.191 e. The molecule has 0 bridgehead atoms. The molecule has 0 radical (unpaired) electrons.